The number of Topliss-reactive ketones (excluding diaryl/α,β-unsaturated/α-hetero) is 1. The van der Waals surface area contributed by atoms with E-state index in [1.54, 1.807) is 12.0 Å². The van der Waals surface area contributed by atoms with Crippen LogP contribution in [0.4, 0.5) is 0 Å². The normalized spacial score (nSPS) is 26.7. The van der Waals surface area contributed by atoms with Crippen LogP contribution in [0.2, 0.25) is 0 Å². The molecule has 0 aliphatic carbocycles. The Morgan fingerprint density at radius 3 is 2.50 bits per heavy atom. The molecule has 2 aliphatic heterocycles. The van der Waals surface area contributed by atoms with Gasteiger partial charge in [-0.25, -0.2) is 0 Å². The molecule has 1 aromatic carbocycles. The van der Waals surface area contributed by atoms with Crippen molar-refractivity contribution in [3.8, 4) is 5.75 Å². The molecule has 0 saturated carbocycles. The highest BCUT2D eigenvalue weighted by Gasteiger charge is 2.46. The van der Waals surface area contributed by atoms with Crippen LogP contribution in [0.25, 0.3) is 0 Å². The molecule has 0 spiro atoms. The molecule has 1 amide bonds. The van der Waals surface area contributed by atoms with Crippen molar-refractivity contribution >= 4 is 11.7 Å². The lowest BCUT2D eigenvalue weighted by Crippen LogP contribution is -2.55. The number of hydrogen-bond acceptors (Lipinski definition) is 5. The lowest BCUT2D eigenvalue weighted by atomic mass is 9.95. The molecule has 0 N–H and O–H groups in total. The molecule has 24 heavy (non-hydrogen) atoms. The first-order valence-electron chi connectivity index (χ1n) is 8.16. The summed E-state index contributed by atoms with van der Waals surface area (Å²) in [6.45, 7) is 4.32. The molecule has 2 saturated heterocycles. The molecule has 130 valence electrons. The largest absolute Gasteiger partial charge is 0.497 e. The summed E-state index contributed by atoms with van der Waals surface area (Å²) >= 11 is 0. The van der Waals surface area contributed by atoms with Gasteiger partial charge in [0.25, 0.3) is 0 Å². The lowest BCUT2D eigenvalue weighted by Gasteiger charge is -2.37. The van der Waals surface area contributed by atoms with E-state index < -0.39 is 17.9 Å². The minimum absolute atomic E-state index is 0.0243. The Balaban J connectivity index is 1.81. The molecule has 2 heterocycles. The summed E-state index contributed by atoms with van der Waals surface area (Å²) in [6.07, 6.45) is 0.0979. The number of amides is 1. The number of likely N-dealkylation sites (tertiary alicyclic amines) is 1. The first-order valence-corrected chi connectivity index (χ1v) is 8.16. The van der Waals surface area contributed by atoms with E-state index in [1.165, 1.54) is 0 Å². The number of carbonyl (C=O) groups is 2. The van der Waals surface area contributed by atoms with Crippen molar-refractivity contribution in [2.75, 3.05) is 13.7 Å². The monoisotopic (exact) mass is 333 g/mol. The number of nitrogens with zero attached hydrogens (tertiary/aromatic N) is 1. The zero-order chi connectivity index (χ0) is 17.3. The summed E-state index contributed by atoms with van der Waals surface area (Å²) in [7, 11) is 1.61. The molecule has 6 heteroatoms. The van der Waals surface area contributed by atoms with E-state index >= 15 is 0 Å². The van der Waals surface area contributed by atoms with Crippen LogP contribution in [0.5, 0.6) is 5.75 Å². The van der Waals surface area contributed by atoms with Gasteiger partial charge in [-0.15, -0.1) is 0 Å². The Bertz CT molecular complexity index is 625. The van der Waals surface area contributed by atoms with Crippen LogP contribution in [0.1, 0.15) is 32.3 Å². The average molecular weight is 333 g/mol. The van der Waals surface area contributed by atoms with Crippen molar-refractivity contribution < 1.29 is 23.8 Å². The number of rotatable bonds is 4. The predicted octanol–water partition coefficient (Wildman–Crippen LogP) is 1.91. The van der Waals surface area contributed by atoms with Gasteiger partial charge in [0.15, 0.2) is 11.6 Å². The summed E-state index contributed by atoms with van der Waals surface area (Å²) in [5.41, 5.74) is 0.946. The van der Waals surface area contributed by atoms with Gasteiger partial charge in [-0.1, -0.05) is 12.1 Å². The molecule has 1 aromatic rings. The Morgan fingerprint density at radius 2 is 1.92 bits per heavy atom. The van der Waals surface area contributed by atoms with Crippen LogP contribution >= 0.6 is 0 Å². The van der Waals surface area contributed by atoms with Crippen molar-refractivity contribution in [1.82, 2.24) is 4.90 Å². The average Bonchev–Trinajstić information content (AvgIpc) is 2.91. The molecule has 6 nitrogen and oxygen atoms in total. The van der Waals surface area contributed by atoms with Crippen molar-refractivity contribution in [2.45, 2.75) is 51.2 Å². The van der Waals surface area contributed by atoms with Crippen molar-refractivity contribution in [1.29, 1.82) is 0 Å². The maximum absolute atomic E-state index is 12.5. The maximum Gasteiger partial charge on any atom is 0.224 e. The van der Waals surface area contributed by atoms with Gasteiger partial charge in [-0.05, 0) is 31.5 Å². The third-order valence-corrected chi connectivity index (χ3v) is 4.47. The van der Waals surface area contributed by atoms with E-state index in [2.05, 4.69) is 0 Å². The summed E-state index contributed by atoms with van der Waals surface area (Å²) in [5, 5.41) is 0. The molecule has 0 bridgehead atoms. The highest BCUT2D eigenvalue weighted by Crippen LogP contribution is 2.30. The van der Waals surface area contributed by atoms with Crippen LogP contribution in [-0.4, -0.2) is 48.2 Å². The van der Waals surface area contributed by atoms with E-state index in [4.69, 9.17) is 14.2 Å². The number of hydrogen-bond donors (Lipinski definition) is 0. The third kappa shape index (κ3) is 3.44. The van der Waals surface area contributed by atoms with Crippen molar-refractivity contribution in [3.63, 3.8) is 0 Å². The Morgan fingerprint density at radius 1 is 1.21 bits per heavy atom. The van der Waals surface area contributed by atoms with E-state index in [1.807, 2.05) is 38.1 Å². The Hall–Kier alpha value is -1.92. The van der Waals surface area contributed by atoms with Gasteiger partial charge in [0.05, 0.1) is 13.7 Å². The topological polar surface area (TPSA) is 65.1 Å². The number of benzene rings is 1. The number of piperidine rings is 1. The molecule has 2 atom stereocenters. The summed E-state index contributed by atoms with van der Waals surface area (Å²) < 4.78 is 16.6. The van der Waals surface area contributed by atoms with Crippen molar-refractivity contribution in [3.05, 3.63) is 29.8 Å². The van der Waals surface area contributed by atoms with E-state index in [0.29, 0.717) is 13.2 Å². The van der Waals surface area contributed by atoms with Gasteiger partial charge in [-0.3, -0.25) is 9.59 Å². The summed E-state index contributed by atoms with van der Waals surface area (Å²) in [6, 6.07) is 6.91. The zero-order valence-electron chi connectivity index (χ0n) is 14.3. The smallest absolute Gasteiger partial charge is 0.224 e. The zero-order valence-corrected chi connectivity index (χ0v) is 14.3. The fourth-order valence-electron chi connectivity index (χ4n) is 3.24. The second-order valence-electron chi connectivity index (χ2n) is 6.65. The molecule has 2 fully saturated rings. The highest BCUT2D eigenvalue weighted by molar-refractivity contribution is 5.95. The summed E-state index contributed by atoms with van der Waals surface area (Å²) in [4.78, 5) is 26.6. The number of ether oxygens (including phenoxy) is 3. The standard InChI is InChI=1S/C18H23NO5/c1-18(2)23-11-15(24-18)17-14(20)8-9-16(21)19(17)10-12-4-6-13(22-3)7-5-12/h4-7,15,17H,8-11H2,1-3H3/t15-,17-/m1/s1. The first kappa shape index (κ1) is 16.9. The minimum Gasteiger partial charge on any atom is -0.497 e. The second-order valence-corrected chi connectivity index (χ2v) is 6.65. The summed E-state index contributed by atoms with van der Waals surface area (Å²) in [5.74, 6) is 0.0424. The fraction of sp³-hybridized carbons (Fsp3) is 0.556. The second kappa shape index (κ2) is 6.53. The molecule has 3 rings (SSSR count). The van der Waals surface area contributed by atoms with Crippen LogP contribution in [0, 0.1) is 0 Å². The fourth-order valence-corrected chi connectivity index (χ4v) is 3.24. The van der Waals surface area contributed by atoms with Gasteiger partial charge >= 0.3 is 0 Å². The number of ketones is 1. The van der Waals surface area contributed by atoms with Gasteiger partial charge in [0.1, 0.15) is 17.9 Å². The van der Waals surface area contributed by atoms with Gasteiger partial charge in [0, 0.05) is 19.4 Å². The molecular weight excluding hydrogens is 310 g/mol. The molecule has 0 radical (unpaired) electrons. The number of methoxy groups -OCH3 is 1. The Kier molecular flexibility index (Phi) is 4.60. The van der Waals surface area contributed by atoms with Crippen LogP contribution in [0.15, 0.2) is 24.3 Å². The SMILES string of the molecule is COc1ccc(CN2C(=O)CCC(=O)[C@@H]2[C@H]2COC(C)(C)O2)cc1. The predicted molar refractivity (Wildman–Crippen MR) is 86.5 cm³/mol. The maximum atomic E-state index is 12.5. The van der Waals surface area contributed by atoms with Crippen molar-refractivity contribution in [2.24, 2.45) is 0 Å². The molecule has 0 aromatic heterocycles. The minimum atomic E-state index is -0.725. The van der Waals surface area contributed by atoms with Crippen LogP contribution < -0.4 is 4.74 Å². The Labute approximate surface area is 141 Å². The number of carbonyl (C=O) groups excluding carboxylic acids is 2. The van der Waals surface area contributed by atoms with Crippen LogP contribution in [-0.2, 0) is 25.6 Å². The molecule has 2 aliphatic rings. The van der Waals surface area contributed by atoms with Gasteiger partial charge < -0.3 is 19.1 Å². The van der Waals surface area contributed by atoms with E-state index in [9.17, 15) is 9.59 Å². The van der Waals surface area contributed by atoms with Gasteiger partial charge in [-0.2, -0.15) is 0 Å². The van der Waals surface area contributed by atoms with Crippen LogP contribution in [0.3, 0.4) is 0 Å². The lowest BCUT2D eigenvalue weighted by molar-refractivity contribution is -0.163. The third-order valence-electron chi connectivity index (χ3n) is 4.47. The van der Waals surface area contributed by atoms with E-state index in [0.717, 1.165) is 11.3 Å². The molecule has 0 unspecified atom stereocenters. The highest BCUT2D eigenvalue weighted by atomic mass is 16.7. The van der Waals surface area contributed by atoms with E-state index in [-0.39, 0.29) is 24.5 Å². The quantitative estimate of drug-likeness (QED) is 0.842. The molecular formula is C18H23NO5. The first-order chi connectivity index (χ1) is 11.4. The van der Waals surface area contributed by atoms with Gasteiger partial charge in [0.2, 0.25) is 5.91 Å².